The van der Waals surface area contributed by atoms with Crippen LogP contribution in [0.25, 0.3) is 11.0 Å². The maximum absolute atomic E-state index is 11.3. The lowest BCUT2D eigenvalue weighted by Crippen LogP contribution is -2.09. The van der Waals surface area contributed by atoms with E-state index in [4.69, 9.17) is 9.84 Å². The highest BCUT2D eigenvalue weighted by Gasteiger charge is 2.10. The number of esters is 1. The van der Waals surface area contributed by atoms with Crippen molar-refractivity contribution < 1.29 is 19.4 Å². The molecule has 1 heterocycles. The summed E-state index contributed by atoms with van der Waals surface area (Å²) in [5.41, 5.74) is 1.34. The van der Waals surface area contributed by atoms with Gasteiger partial charge in [0.1, 0.15) is 5.52 Å². The average molecular weight is 263 g/mol. The molecule has 0 fully saturated rings. The fraction of sp³-hybridized carbons (Fsp3) is 0.333. The first-order valence-electron chi connectivity index (χ1n) is 5.84. The monoisotopic (exact) mass is 263 g/mol. The van der Waals surface area contributed by atoms with Crippen LogP contribution in [-0.2, 0) is 16.1 Å². The number of aromatic nitrogens is 3. The Hall–Kier alpha value is -2.44. The second kappa shape index (κ2) is 5.47. The van der Waals surface area contributed by atoms with Crippen molar-refractivity contribution in [3.8, 4) is 0 Å². The molecule has 0 atom stereocenters. The Balaban J connectivity index is 2.17. The third-order valence-corrected chi connectivity index (χ3v) is 2.59. The first-order chi connectivity index (χ1) is 9.11. The molecule has 1 N–H and O–H groups in total. The fourth-order valence-electron chi connectivity index (χ4n) is 1.70. The summed E-state index contributed by atoms with van der Waals surface area (Å²) in [5.74, 6) is -1.31. The highest BCUT2D eigenvalue weighted by atomic mass is 16.5. The van der Waals surface area contributed by atoms with Crippen molar-refractivity contribution in [3.63, 3.8) is 0 Å². The van der Waals surface area contributed by atoms with Crippen molar-refractivity contribution in [1.82, 2.24) is 15.0 Å². The van der Waals surface area contributed by atoms with Gasteiger partial charge < -0.3 is 9.84 Å². The Kier molecular flexibility index (Phi) is 3.74. The molecule has 7 nitrogen and oxygen atoms in total. The number of rotatable bonds is 5. The van der Waals surface area contributed by atoms with Crippen molar-refractivity contribution in [2.24, 2.45) is 0 Å². The lowest BCUT2D eigenvalue weighted by Gasteiger charge is -2.02. The zero-order valence-corrected chi connectivity index (χ0v) is 10.4. The zero-order valence-electron chi connectivity index (χ0n) is 10.4. The molecule has 0 saturated carbocycles. The molecule has 0 saturated heterocycles. The summed E-state index contributed by atoms with van der Waals surface area (Å²) in [4.78, 5) is 22.1. The number of nitrogens with zero attached hydrogens (tertiary/aromatic N) is 3. The van der Waals surface area contributed by atoms with Crippen LogP contribution in [0.15, 0.2) is 18.2 Å². The Morgan fingerprint density at radius 2 is 2.21 bits per heavy atom. The molecule has 0 aliphatic rings. The van der Waals surface area contributed by atoms with E-state index >= 15 is 0 Å². The van der Waals surface area contributed by atoms with Gasteiger partial charge in [0.15, 0.2) is 0 Å². The minimum Gasteiger partial charge on any atom is -0.478 e. The number of carboxylic acids is 1. The highest BCUT2D eigenvalue weighted by Crippen LogP contribution is 2.14. The molecule has 19 heavy (non-hydrogen) atoms. The number of aryl methyl sites for hydroxylation is 1. The maximum Gasteiger partial charge on any atom is 0.335 e. The van der Waals surface area contributed by atoms with E-state index in [-0.39, 0.29) is 18.0 Å². The topological polar surface area (TPSA) is 94.3 Å². The Bertz CT molecular complexity index is 620. The van der Waals surface area contributed by atoms with E-state index in [1.807, 2.05) is 0 Å². The number of carbonyl (C=O) groups excluding carboxylic acids is 1. The van der Waals surface area contributed by atoms with E-state index in [2.05, 4.69) is 10.3 Å². The number of aromatic carboxylic acids is 1. The van der Waals surface area contributed by atoms with Gasteiger partial charge in [-0.15, -0.1) is 5.10 Å². The molecule has 1 aromatic heterocycles. The van der Waals surface area contributed by atoms with Crippen LogP contribution in [0.2, 0.25) is 0 Å². The van der Waals surface area contributed by atoms with Crippen molar-refractivity contribution >= 4 is 23.0 Å². The standard InChI is InChI=1S/C12H13N3O4/c1-2-19-11(16)5-6-15-10-4-3-8(12(17)18)7-9(10)13-14-15/h3-4,7H,2,5-6H2,1H3,(H,17,18). The molecule has 1 aromatic carbocycles. The molecule has 0 unspecified atom stereocenters. The van der Waals surface area contributed by atoms with Gasteiger partial charge in [-0.3, -0.25) is 4.79 Å². The van der Waals surface area contributed by atoms with Crippen LogP contribution in [0.1, 0.15) is 23.7 Å². The first kappa shape index (κ1) is 13.0. The number of hydrogen-bond donors (Lipinski definition) is 1. The predicted molar refractivity (Wildman–Crippen MR) is 65.7 cm³/mol. The summed E-state index contributed by atoms with van der Waals surface area (Å²) < 4.78 is 6.38. The summed E-state index contributed by atoms with van der Waals surface area (Å²) in [6.07, 6.45) is 0.201. The summed E-state index contributed by atoms with van der Waals surface area (Å²) in [7, 11) is 0. The number of ether oxygens (including phenoxy) is 1. The number of carboxylic acid groups (broad SMARTS) is 1. The van der Waals surface area contributed by atoms with Crippen LogP contribution in [0.5, 0.6) is 0 Å². The third-order valence-electron chi connectivity index (χ3n) is 2.59. The molecule has 0 aliphatic heterocycles. The molecular weight excluding hydrogens is 250 g/mol. The van der Waals surface area contributed by atoms with Crippen LogP contribution in [0, 0.1) is 0 Å². The van der Waals surface area contributed by atoms with Crippen LogP contribution < -0.4 is 0 Å². The van der Waals surface area contributed by atoms with Crippen molar-refractivity contribution in [2.75, 3.05) is 6.61 Å². The summed E-state index contributed by atoms with van der Waals surface area (Å²) >= 11 is 0. The van der Waals surface area contributed by atoms with Gasteiger partial charge in [-0.1, -0.05) is 5.21 Å². The summed E-state index contributed by atoms with van der Waals surface area (Å²) in [5, 5.41) is 16.6. The van der Waals surface area contributed by atoms with Gasteiger partial charge in [0, 0.05) is 0 Å². The van der Waals surface area contributed by atoms with Crippen LogP contribution in [0.3, 0.4) is 0 Å². The molecule has 0 amide bonds. The Morgan fingerprint density at radius 3 is 2.89 bits per heavy atom. The third kappa shape index (κ3) is 2.87. The first-order valence-corrected chi connectivity index (χ1v) is 5.84. The Labute approximate surface area is 108 Å². The summed E-state index contributed by atoms with van der Waals surface area (Å²) in [6.45, 7) is 2.44. The van der Waals surface area contributed by atoms with Crippen LogP contribution in [0.4, 0.5) is 0 Å². The molecule has 2 rings (SSSR count). The minimum absolute atomic E-state index is 0.157. The second-order valence-corrected chi connectivity index (χ2v) is 3.88. The van der Waals surface area contributed by atoms with Gasteiger partial charge in [0.2, 0.25) is 0 Å². The lowest BCUT2D eigenvalue weighted by molar-refractivity contribution is -0.143. The number of hydrogen-bond acceptors (Lipinski definition) is 5. The molecular formula is C12H13N3O4. The van der Waals surface area contributed by atoms with Gasteiger partial charge in [0.25, 0.3) is 0 Å². The Morgan fingerprint density at radius 1 is 1.42 bits per heavy atom. The minimum atomic E-state index is -1.01. The van der Waals surface area contributed by atoms with E-state index < -0.39 is 5.97 Å². The smallest absolute Gasteiger partial charge is 0.335 e. The maximum atomic E-state index is 11.3. The molecule has 0 radical (unpaired) electrons. The normalized spacial score (nSPS) is 10.6. The largest absolute Gasteiger partial charge is 0.478 e. The van der Waals surface area contributed by atoms with Gasteiger partial charge in [-0.2, -0.15) is 0 Å². The predicted octanol–water partition coefficient (Wildman–Crippen LogP) is 1.08. The van der Waals surface area contributed by atoms with Crippen molar-refractivity contribution in [2.45, 2.75) is 19.9 Å². The zero-order chi connectivity index (χ0) is 13.8. The fourth-order valence-corrected chi connectivity index (χ4v) is 1.70. The second-order valence-electron chi connectivity index (χ2n) is 3.88. The molecule has 2 aromatic rings. The molecule has 0 spiro atoms. The van der Waals surface area contributed by atoms with Crippen LogP contribution in [-0.4, -0.2) is 38.6 Å². The van der Waals surface area contributed by atoms with E-state index in [1.54, 1.807) is 17.7 Å². The number of benzene rings is 1. The SMILES string of the molecule is CCOC(=O)CCn1nnc2cc(C(=O)O)ccc21. The number of carbonyl (C=O) groups is 2. The van der Waals surface area contributed by atoms with Crippen LogP contribution >= 0.6 is 0 Å². The average Bonchev–Trinajstić information content (AvgIpc) is 2.79. The van der Waals surface area contributed by atoms with Crippen molar-refractivity contribution in [3.05, 3.63) is 23.8 Å². The van der Waals surface area contributed by atoms with E-state index in [9.17, 15) is 9.59 Å². The molecule has 0 aliphatic carbocycles. The van der Waals surface area contributed by atoms with Gasteiger partial charge >= 0.3 is 11.9 Å². The number of fused-ring (bicyclic) bond motifs is 1. The molecule has 7 heteroatoms. The van der Waals surface area contributed by atoms with Gasteiger partial charge in [0.05, 0.1) is 30.7 Å². The molecule has 100 valence electrons. The molecule has 0 bridgehead atoms. The van der Waals surface area contributed by atoms with Crippen molar-refractivity contribution in [1.29, 1.82) is 0 Å². The summed E-state index contributed by atoms with van der Waals surface area (Å²) in [6, 6.07) is 4.56. The highest BCUT2D eigenvalue weighted by molar-refractivity contribution is 5.92. The van der Waals surface area contributed by atoms with Gasteiger partial charge in [-0.05, 0) is 25.1 Å². The quantitative estimate of drug-likeness (QED) is 0.811. The van der Waals surface area contributed by atoms with E-state index in [1.165, 1.54) is 12.1 Å². The van der Waals surface area contributed by atoms with Gasteiger partial charge in [-0.25, -0.2) is 9.48 Å². The van der Waals surface area contributed by atoms with E-state index in [0.29, 0.717) is 24.2 Å². The van der Waals surface area contributed by atoms with E-state index in [0.717, 1.165) is 0 Å². The lowest BCUT2D eigenvalue weighted by atomic mass is 10.2.